The zero-order valence-electron chi connectivity index (χ0n) is 20.6. The fraction of sp³-hybridized carbons (Fsp3) is 0.538. The predicted molar refractivity (Wildman–Crippen MR) is 138 cm³/mol. The van der Waals surface area contributed by atoms with Crippen molar-refractivity contribution in [1.29, 1.82) is 0 Å². The third-order valence-electron chi connectivity index (χ3n) is 6.79. The Hall–Kier alpha value is -2.61. The molecule has 1 aliphatic heterocycles. The molecule has 1 atom stereocenters. The Balaban J connectivity index is 1.93. The molecule has 3 rings (SSSR count). The highest BCUT2D eigenvalue weighted by molar-refractivity contribution is 7.90. The van der Waals surface area contributed by atoms with Gasteiger partial charge < -0.3 is 16.4 Å². The highest BCUT2D eigenvalue weighted by Gasteiger charge is 2.22. The van der Waals surface area contributed by atoms with E-state index >= 15 is 0 Å². The van der Waals surface area contributed by atoms with Gasteiger partial charge in [0.2, 0.25) is 0 Å². The summed E-state index contributed by atoms with van der Waals surface area (Å²) < 4.78 is 24.0. The smallest absolute Gasteiger partial charge is 0.252 e. The van der Waals surface area contributed by atoms with Crippen LogP contribution in [0.3, 0.4) is 0 Å². The van der Waals surface area contributed by atoms with Gasteiger partial charge in [-0.15, -0.1) is 0 Å². The lowest BCUT2D eigenvalue weighted by molar-refractivity contribution is -0.114. The summed E-state index contributed by atoms with van der Waals surface area (Å²) in [5, 5.41) is 6.72. The second-order valence-corrected chi connectivity index (χ2v) is 11.5. The normalized spacial score (nSPS) is 25.3. The Labute approximate surface area is 203 Å². The van der Waals surface area contributed by atoms with E-state index in [4.69, 9.17) is 10.7 Å². The molecule has 8 heteroatoms. The van der Waals surface area contributed by atoms with Crippen LogP contribution in [0.25, 0.3) is 0 Å². The summed E-state index contributed by atoms with van der Waals surface area (Å²) in [5.41, 5.74) is 7.76. The molecule has 0 radical (unpaired) electrons. The number of aliphatic imine (C=N–C) groups is 1. The van der Waals surface area contributed by atoms with Gasteiger partial charge in [-0.25, -0.2) is 13.4 Å². The second kappa shape index (κ2) is 11.7. The van der Waals surface area contributed by atoms with Crippen molar-refractivity contribution < 1.29 is 13.2 Å². The van der Waals surface area contributed by atoms with Crippen LogP contribution >= 0.6 is 0 Å². The van der Waals surface area contributed by atoms with Crippen molar-refractivity contribution in [2.75, 3.05) is 18.1 Å². The van der Waals surface area contributed by atoms with Gasteiger partial charge in [0.25, 0.3) is 5.91 Å². The van der Waals surface area contributed by atoms with Crippen molar-refractivity contribution in [2.45, 2.75) is 70.1 Å². The highest BCUT2D eigenvalue weighted by atomic mass is 32.2. The maximum Gasteiger partial charge on any atom is 0.252 e. The van der Waals surface area contributed by atoms with Crippen LogP contribution in [0.1, 0.15) is 65.2 Å². The number of nitrogens with one attached hydrogen (secondary N) is 2. The van der Waals surface area contributed by atoms with Gasteiger partial charge in [-0.1, -0.05) is 58.1 Å². The molecule has 2 aliphatic rings. The summed E-state index contributed by atoms with van der Waals surface area (Å²) in [6.07, 6.45) is 12.2. The Morgan fingerprint density at radius 3 is 2.59 bits per heavy atom. The van der Waals surface area contributed by atoms with Gasteiger partial charge in [-0.05, 0) is 54.9 Å². The van der Waals surface area contributed by atoms with Gasteiger partial charge in [-0.2, -0.15) is 0 Å². The highest BCUT2D eigenvalue weighted by Crippen LogP contribution is 2.28. The van der Waals surface area contributed by atoms with E-state index in [1.165, 1.54) is 43.9 Å². The first kappa shape index (κ1) is 26.0. The molecule has 1 fully saturated rings. The number of amides is 1. The lowest BCUT2D eigenvalue weighted by Crippen LogP contribution is -2.30. The number of amidine groups is 1. The SMILES string of the molecule is CC/C1=C(NCCC2CCCCC2)/N=C(Nc2cccc(S(C)(=O)=O)c2)\C(C(N)=O)=C\CC1C. The van der Waals surface area contributed by atoms with Crippen LogP contribution in [-0.4, -0.2) is 33.0 Å². The number of nitrogens with zero attached hydrogens (tertiary/aromatic N) is 1. The lowest BCUT2D eigenvalue weighted by atomic mass is 9.87. The first-order valence-corrected chi connectivity index (χ1v) is 14.2. The van der Waals surface area contributed by atoms with Gasteiger partial charge in [0, 0.05) is 18.5 Å². The minimum atomic E-state index is -3.37. The van der Waals surface area contributed by atoms with Crippen LogP contribution in [0.15, 0.2) is 57.2 Å². The van der Waals surface area contributed by atoms with Crippen LogP contribution in [0.4, 0.5) is 5.69 Å². The lowest BCUT2D eigenvalue weighted by Gasteiger charge is -2.25. The molecule has 4 N–H and O–H groups in total. The Bertz CT molecular complexity index is 1080. The van der Waals surface area contributed by atoms with E-state index in [0.717, 1.165) is 31.1 Å². The number of carbonyl (C=O) groups excluding carboxylic acids is 1. The Morgan fingerprint density at radius 2 is 1.94 bits per heavy atom. The fourth-order valence-electron chi connectivity index (χ4n) is 4.80. The van der Waals surface area contributed by atoms with Crippen molar-refractivity contribution in [3.05, 3.63) is 47.3 Å². The molecule has 1 unspecified atom stereocenters. The Kier molecular flexibility index (Phi) is 8.94. The van der Waals surface area contributed by atoms with E-state index in [2.05, 4.69) is 24.5 Å². The number of carbonyl (C=O) groups is 1. The van der Waals surface area contributed by atoms with E-state index in [1.807, 2.05) is 6.08 Å². The third kappa shape index (κ3) is 6.95. The topological polar surface area (TPSA) is 114 Å². The number of sulfone groups is 1. The quantitative estimate of drug-likeness (QED) is 0.499. The average Bonchev–Trinajstić information content (AvgIpc) is 2.78. The number of rotatable bonds is 8. The van der Waals surface area contributed by atoms with Gasteiger partial charge in [-0.3, -0.25) is 4.79 Å². The molecular formula is C26H38N4O3S. The van der Waals surface area contributed by atoms with E-state index < -0.39 is 15.7 Å². The first-order valence-electron chi connectivity index (χ1n) is 12.3. The molecule has 0 aromatic heterocycles. The number of nitrogens with two attached hydrogens (primary N) is 1. The van der Waals surface area contributed by atoms with E-state index in [9.17, 15) is 13.2 Å². The molecule has 1 aromatic rings. The number of hydrogen-bond acceptors (Lipinski definition) is 6. The van der Waals surface area contributed by atoms with Gasteiger partial charge in [0.15, 0.2) is 9.84 Å². The summed E-state index contributed by atoms with van der Waals surface area (Å²) in [7, 11) is -3.37. The fourth-order valence-corrected chi connectivity index (χ4v) is 5.47. The minimum absolute atomic E-state index is 0.192. The molecule has 34 heavy (non-hydrogen) atoms. The van der Waals surface area contributed by atoms with Gasteiger partial charge in [0.05, 0.1) is 10.5 Å². The maximum absolute atomic E-state index is 12.3. The summed E-state index contributed by atoms with van der Waals surface area (Å²) in [5.74, 6) is 1.50. The van der Waals surface area contributed by atoms with Crippen LogP contribution in [0.5, 0.6) is 0 Å². The number of primary amides is 1. The summed E-state index contributed by atoms with van der Waals surface area (Å²) >= 11 is 0. The average molecular weight is 487 g/mol. The molecule has 0 saturated heterocycles. The number of hydrogen-bond donors (Lipinski definition) is 3. The monoisotopic (exact) mass is 486 g/mol. The van der Waals surface area contributed by atoms with E-state index in [-0.39, 0.29) is 10.8 Å². The molecule has 1 aliphatic carbocycles. The van der Waals surface area contributed by atoms with Crippen molar-refractivity contribution in [1.82, 2.24) is 5.32 Å². The molecule has 0 spiro atoms. The molecule has 1 saturated carbocycles. The van der Waals surface area contributed by atoms with Crippen LogP contribution < -0.4 is 16.4 Å². The zero-order chi connectivity index (χ0) is 24.7. The number of benzene rings is 1. The molecule has 186 valence electrons. The van der Waals surface area contributed by atoms with Crippen molar-refractivity contribution in [3.8, 4) is 0 Å². The molecular weight excluding hydrogens is 448 g/mol. The summed E-state index contributed by atoms with van der Waals surface area (Å²) in [4.78, 5) is 17.4. The molecule has 0 bridgehead atoms. The van der Waals surface area contributed by atoms with Gasteiger partial charge >= 0.3 is 0 Å². The van der Waals surface area contributed by atoms with E-state index in [0.29, 0.717) is 23.5 Å². The third-order valence-corrected chi connectivity index (χ3v) is 7.90. The molecule has 1 heterocycles. The van der Waals surface area contributed by atoms with Crippen molar-refractivity contribution in [3.63, 3.8) is 0 Å². The van der Waals surface area contributed by atoms with Crippen molar-refractivity contribution in [2.24, 2.45) is 22.6 Å². The van der Waals surface area contributed by atoms with E-state index in [1.54, 1.807) is 24.3 Å². The summed E-state index contributed by atoms with van der Waals surface area (Å²) in [6, 6.07) is 6.49. The summed E-state index contributed by atoms with van der Waals surface area (Å²) in [6.45, 7) is 5.08. The Morgan fingerprint density at radius 1 is 1.21 bits per heavy atom. The predicted octanol–water partition coefficient (Wildman–Crippen LogP) is 4.53. The standard InChI is InChI=1S/C26H38N4O3S/c1-4-22-18(2)13-14-23(24(27)31)26(29-20-11-8-12-21(17-20)34(3,32)33)30-25(22)28-16-15-19-9-6-5-7-10-19/h8,11-12,14,17-19,28H,4-7,9-10,13,15-16H2,1-3H3,(H2,27,31)(H,29,30)/b23-14+,25-22-. The molecule has 1 aromatic carbocycles. The van der Waals surface area contributed by atoms with Crippen LogP contribution in [0.2, 0.25) is 0 Å². The first-order chi connectivity index (χ1) is 16.2. The maximum atomic E-state index is 12.3. The van der Waals surface area contributed by atoms with Crippen LogP contribution in [0, 0.1) is 11.8 Å². The molecule has 7 nitrogen and oxygen atoms in total. The largest absolute Gasteiger partial charge is 0.370 e. The number of anilines is 1. The van der Waals surface area contributed by atoms with Gasteiger partial charge in [0.1, 0.15) is 11.7 Å². The van der Waals surface area contributed by atoms with Crippen LogP contribution in [-0.2, 0) is 14.6 Å². The molecule has 1 amide bonds. The minimum Gasteiger partial charge on any atom is -0.370 e. The number of allylic oxidation sites excluding steroid dienone is 2. The van der Waals surface area contributed by atoms with Crippen molar-refractivity contribution >= 4 is 27.3 Å². The zero-order valence-corrected chi connectivity index (χ0v) is 21.4. The second-order valence-electron chi connectivity index (χ2n) is 9.45.